The number of amides is 1. The molecular weight excluding hydrogens is 214 g/mol. The van der Waals surface area contributed by atoms with Crippen molar-refractivity contribution in [3.8, 4) is 6.07 Å². The van der Waals surface area contributed by atoms with Gasteiger partial charge in [0.15, 0.2) is 0 Å². The van der Waals surface area contributed by atoms with Crippen LogP contribution in [0.5, 0.6) is 0 Å². The van der Waals surface area contributed by atoms with Crippen LogP contribution in [0.2, 0.25) is 0 Å². The zero-order valence-electron chi connectivity index (χ0n) is 11.7. The topological polar surface area (TPSA) is 56.1 Å². The van der Waals surface area contributed by atoms with Gasteiger partial charge in [0.2, 0.25) is 5.91 Å². The molecule has 17 heavy (non-hydrogen) atoms. The van der Waals surface area contributed by atoms with Crippen LogP contribution in [-0.4, -0.2) is 36.5 Å². The van der Waals surface area contributed by atoms with E-state index in [1.165, 1.54) is 0 Å². The van der Waals surface area contributed by atoms with Gasteiger partial charge in [-0.15, -0.1) is 0 Å². The average molecular weight is 239 g/mol. The fourth-order valence-corrected chi connectivity index (χ4v) is 1.65. The summed E-state index contributed by atoms with van der Waals surface area (Å²) in [6.07, 6.45) is 1.90. The van der Waals surface area contributed by atoms with Gasteiger partial charge >= 0.3 is 0 Å². The fourth-order valence-electron chi connectivity index (χ4n) is 1.65. The maximum atomic E-state index is 11.9. The van der Waals surface area contributed by atoms with E-state index in [-0.39, 0.29) is 23.9 Å². The summed E-state index contributed by atoms with van der Waals surface area (Å²) >= 11 is 0. The van der Waals surface area contributed by atoms with Gasteiger partial charge in [-0.25, -0.2) is 0 Å². The Labute approximate surface area is 105 Å². The number of rotatable bonds is 7. The molecular formula is C13H25N3O. The lowest BCUT2D eigenvalue weighted by Crippen LogP contribution is -2.47. The highest BCUT2D eigenvalue weighted by Crippen LogP contribution is 2.03. The van der Waals surface area contributed by atoms with E-state index in [1.807, 2.05) is 25.8 Å². The van der Waals surface area contributed by atoms with Crippen LogP contribution in [0.15, 0.2) is 0 Å². The predicted octanol–water partition coefficient (Wildman–Crippen LogP) is 1.77. The molecule has 1 N–H and O–H groups in total. The van der Waals surface area contributed by atoms with Crippen LogP contribution in [-0.2, 0) is 4.79 Å². The van der Waals surface area contributed by atoms with Crippen molar-refractivity contribution in [1.29, 1.82) is 5.26 Å². The van der Waals surface area contributed by atoms with Gasteiger partial charge in [0.05, 0.1) is 18.0 Å². The van der Waals surface area contributed by atoms with Gasteiger partial charge in [-0.05, 0) is 33.7 Å². The highest BCUT2D eigenvalue weighted by atomic mass is 16.2. The van der Waals surface area contributed by atoms with Crippen molar-refractivity contribution in [2.45, 2.75) is 52.6 Å². The van der Waals surface area contributed by atoms with Crippen molar-refractivity contribution in [2.75, 3.05) is 13.6 Å². The molecule has 0 aliphatic heterocycles. The summed E-state index contributed by atoms with van der Waals surface area (Å²) in [5, 5.41) is 11.8. The molecule has 0 aromatic carbocycles. The Morgan fingerprint density at radius 1 is 1.35 bits per heavy atom. The minimum absolute atomic E-state index is 0.0475. The van der Waals surface area contributed by atoms with Gasteiger partial charge in [0.25, 0.3) is 0 Å². The molecule has 1 amide bonds. The molecule has 0 saturated heterocycles. The molecule has 0 spiro atoms. The number of hydrogen-bond acceptors (Lipinski definition) is 3. The van der Waals surface area contributed by atoms with Gasteiger partial charge in [0.1, 0.15) is 0 Å². The zero-order valence-corrected chi connectivity index (χ0v) is 11.7. The van der Waals surface area contributed by atoms with E-state index >= 15 is 0 Å². The van der Waals surface area contributed by atoms with E-state index in [4.69, 9.17) is 5.26 Å². The second-order valence-corrected chi connectivity index (χ2v) is 4.67. The van der Waals surface area contributed by atoms with Crippen molar-refractivity contribution >= 4 is 5.91 Å². The number of likely N-dealkylation sites (N-methyl/N-ethyl adjacent to an activating group) is 1. The first-order valence-corrected chi connectivity index (χ1v) is 6.36. The molecule has 2 unspecified atom stereocenters. The average Bonchev–Trinajstić information content (AvgIpc) is 2.34. The van der Waals surface area contributed by atoms with Gasteiger partial charge in [-0.1, -0.05) is 13.8 Å². The zero-order chi connectivity index (χ0) is 13.4. The summed E-state index contributed by atoms with van der Waals surface area (Å²) < 4.78 is 0. The standard InChI is InChI=1S/C13H25N3O/c1-6-12(7-2)15-13(17)11(4)16(5)9-10(3)8-14/h10-12H,6-7,9H2,1-5H3,(H,15,17). The van der Waals surface area contributed by atoms with Crippen molar-refractivity contribution in [2.24, 2.45) is 5.92 Å². The molecule has 0 fully saturated rings. The Morgan fingerprint density at radius 2 is 1.88 bits per heavy atom. The number of carbonyl (C=O) groups excluding carboxylic acids is 1. The van der Waals surface area contributed by atoms with Crippen molar-refractivity contribution in [1.82, 2.24) is 10.2 Å². The molecule has 2 atom stereocenters. The van der Waals surface area contributed by atoms with Gasteiger partial charge in [-0.3, -0.25) is 9.69 Å². The molecule has 0 rings (SSSR count). The molecule has 4 nitrogen and oxygen atoms in total. The minimum Gasteiger partial charge on any atom is -0.352 e. The second-order valence-electron chi connectivity index (χ2n) is 4.67. The predicted molar refractivity (Wildman–Crippen MR) is 69.4 cm³/mol. The lowest BCUT2D eigenvalue weighted by Gasteiger charge is -2.26. The third-order valence-electron chi connectivity index (χ3n) is 3.15. The summed E-state index contributed by atoms with van der Waals surface area (Å²) in [7, 11) is 1.88. The highest BCUT2D eigenvalue weighted by Gasteiger charge is 2.20. The quantitative estimate of drug-likeness (QED) is 0.736. The third kappa shape index (κ3) is 5.69. The molecule has 0 aromatic heterocycles. The Balaban J connectivity index is 4.25. The molecule has 0 saturated carbocycles. The SMILES string of the molecule is CCC(CC)NC(=O)C(C)N(C)CC(C)C#N. The van der Waals surface area contributed by atoms with Crippen LogP contribution in [0.1, 0.15) is 40.5 Å². The first kappa shape index (κ1) is 15.9. The summed E-state index contributed by atoms with van der Waals surface area (Å²) in [4.78, 5) is 13.9. The van der Waals surface area contributed by atoms with E-state index in [2.05, 4.69) is 25.2 Å². The molecule has 0 aromatic rings. The first-order valence-electron chi connectivity index (χ1n) is 6.36. The molecule has 0 bridgehead atoms. The van der Waals surface area contributed by atoms with Crippen molar-refractivity contribution in [3.05, 3.63) is 0 Å². The van der Waals surface area contributed by atoms with E-state index in [1.54, 1.807) is 0 Å². The Bertz CT molecular complexity index is 268. The van der Waals surface area contributed by atoms with Gasteiger partial charge in [-0.2, -0.15) is 5.26 Å². The molecule has 0 aliphatic carbocycles. The second kappa shape index (κ2) is 8.08. The van der Waals surface area contributed by atoms with Gasteiger partial charge in [0, 0.05) is 12.6 Å². The number of nitriles is 1. The van der Waals surface area contributed by atoms with Crippen LogP contribution in [0.3, 0.4) is 0 Å². The number of hydrogen-bond donors (Lipinski definition) is 1. The summed E-state index contributed by atoms with van der Waals surface area (Å²) in [6, 6.07) is 2.25. The summed E-state index contributed by atoms with van der Waals surface area (Å²) in [5.74, 6) is -0.00487. The smallest absolute Gasteiger partial charge is 0.237 e. The summed E-state index contributed by atoms with van der Waals surface area (Å²) in [5.41, 5.74) is 0. The minimum atomic E-state index is -0.189. The largest absolute Gasteiger partial charge is 0.352 e. The molecule has 0 heterocycles. The Kier molecular flexibility index (Phi) is 7.56. The monoisotopic (exact) mass is 239 g/mol. The number of carbonyl (C=O) groups is 1. The first-order chi connectivity index (χ1) is 7.96. The number of nitrogens with zero attached hydrogens (tertiary/aromatic N) is 2. The van der Waals surface area contributed by atoms with Crippen LogP contribution in [0.25, 0.3) is 0 Å². The van der Waals surface area contributed by atoms with Crippen molar-refractivity contribution < 1.29 is 4.79 Å². The van der Waals surface area contributed by atoms with Crippen LogP contribution >= 0.6 is 0 Å². The maximum Gasteiger partial charge on any atom is 0.237 e. The van der Waals surface area contributed by atoms with E-state index in [0.717, 1.165) is 12.8 Å². The van der Waals surface area contributed by atoms with Crippen LogP contribution < -0.4 is 5.32 Å². The van der Waals surface area contributed by atoms with Crippen LogP contribution in [0.4, 0.5) is 0 Å². The van der Waals surface area contributed by atoms with E-state index in [0.29, 0.717) is 6.54 Å². The maximum absolute atomic E-state index is 11.9. The lowest BCUT2D eigenvalue weighted by molar-refractivity contribution is -0.126. The Morgan fingerprint density at radius 3 is 2.29 bits per heavy atom. The number of nitrogens with one attached hydrogen (secondary N) is 1. The normalized spacial score (nSPS) is 14.5. The third-order valence-corrected chi connectivity index (χ3v) is 3.15. The molecule has 4 heteroatoms. The van der Waals surface area contributed by atoms with Crippen molar-refractivity contribution in [3.63, 3.8) is 0 Å². The highest BCUT2D eigenvalue weighted by molar-refractivity contribution is 5.81. The van der Waals surface area contributed by atoms with E-state index in [9.17, 15) is 4.79 Å². The fraction of sp³-hybridized carbons (Fsp3) is 0.846. The summed E-state index contributed by atoms with van der Waals surface area (Å²) in [6.45, 7) is 8.50. The lowest BCUT2D eigenvalue weighted by atomic mass is 10.1. The van der Waals surface area contributed by atoms with Crippen LogP contribution in [0, 0.1) is 17.2 Å². The Hall–Kier alpha value is -1.08. The molecule has 98 valence electrons. The molecule has 0 aliphatic rings. The van der Waals surface area contributed by atoms with E-state index < -0.39 is 0 Å². The van der Waals surface area contributed by atoms with Gasteiger partial charge < -0.3 is 5.32 Å². The molecule has 0 radical (unpaired) electrons.